The Kier molecular flexibility index (Phi) is 4.80. The van der Waals surface area contributed by atoms with Gasteiger partial charge in [-0.3, -0.25) is 0 Å². The largest absolute Gasteiger partial charge is 0.497 e. The molecule has 134 valence electrons. The SMILES string of the molecule is COc1cc(C)c(N2CCN(c3c(C)cc(OC)cc3C)C2)c(C)c1. The van der Waals surface area contributed by atoms with Gasteiger partial charge in [0.1, 0.15) is 11.5 Å². The molecule has 4 heteroatoms. The van der Waals surface area contributed by atoms with Gasteiger partial charge in [0.2, 0.25) is 0 Å². The molecule has 1 heterocycles. The number of hydrogen-bond acceptors (Lipinski definition) is 4. The van der Waals surface area contributed by atoms with Gasteiger partial charge >= 0.3 is 0 Å². The Balaban J connectivity index is 1.88. The summed E-state index contributed by atoms with van der Waals surface area (Å²) >= 11 is 0. The maximum absolute atomic E-state index is 5.40. The van der Waals surface area contributed by atoms with Gasteiger partial charge in [0.25, 0.3) is 0 Å². The summed E-state index contributed by atoms with van der Waals surface area (Å²) in [6, 6.07) is 8.48. The molecule has 1 aliphatic rings. The van der Waals surface area contributed by atoms with E-state index in [1.54, 1.807) is 14.2 Å². The molecule has 0 spiro atoms. The summed E-state index contributed by atoms with van der Waals surface area (Å²) in [6.07, 6.45) is 0. The van der Waals surface area contributed by atoms with Crippen LogP contribution in [0.1, 0.15) is 22.3 Å². The number of anilines is 2. The Morgan fingerprint density at radius 2 is 0.960 bits per heavy atom. The number of aryl methyl sites for hydroxylation is 4. The van der Waals surface area contributed by atoms with Crippen molar-refractivity contribution in [3.8, 4) is 11.5 Å². The van der Waals surface area contributed by atoms with E-state index in [1.165, 1.54) is 33.6 Å². The summed E-state index contributed by atoms with van der Waals surface area (Å²) in [5, 5.41) is 0. The standard InChI is InChI=1S/C21H28N2O2/c1-14-9-18(24-5)10-15(2)20(14)22-7-8-23(13-22)21-16(3)11-19(25-6)12-17(21)4/h9-12H,7-8,13H2,1-6H3. The lowest BCUT2D eigenvalue weighted by Gasteiger charge is -2.27. The minimum atomic E-state index is 0.905. The highest BCUT2D eigenvalue weighted by Crippen LogP contribution is 2.35. The average Bonchev–Trinajstić information content (AvgIpc) is 3.02. The number of nitrogens with zero attached hydrogens (tertiary/aromatic N) is 2. The molecular formula is C21H28N2O2. The first-order valence-electron chi connectivity index (χ1n) is 8.75. The molecule has 0 aromatic heterocycles. The van der Waals surface area contributed by atoms with E-state index in [0.717, 1.165) is 31.3 Å². The highest BCUT2D eigenvalue weighted by atomic mass is 16.5. The van der Waals surface area contributed by atoms with Crippen molar-refractivity contribution in [2.24, 2.45) is 0 Å². The molecule has 0 amide bonds. The fraction of sp³-hybridized carbons (Fsp3) is 0.429. The molecule has 0 bridgehead atoms. The summed E-state index contributed by atoms with van der Waals surface area (Å²) in [6.45, 7) is 11.6. The zero-order chi connectivity index (χ0) is 18.1. The third kappa shape index (κ3) is 3.26. The van der Waals surface area contributed by atoms with Gasteiger partial charge in [0, 0.05) is 24.5 Å². The Morgan fingerprint density at radius 3 is 1.24 bits per heavy atom. The molecule has 1 fully saturated rings. The van der Waals surface area contributed by atoms with Gasteiger partial charge in [-0.05, 0) is 74.2 Å². The zero-order valence-electron chi connectivity index (χ0n) is 16.1. The van der Waals surface area contributed by atoms with E-state index < -0.39 is 0 Å². The number of rotatable bonds is 4. The van der Waals surface area contributed by atoms with E-state index in [2.05, 4.69) is 61.8 Å². The number of benzene rings is 2. The second kappa shape index (κ2) is 6.87. The van der Waals surface area contributed by atoms with Crippen LogP contribution in [-0.2, 0) is 0 Å². The Labute approximate surface area is 151 Å². The zero-order valence-corrected chi connectivity index (χ0v) is 16.1. The first kappa shape index (κ1) is 17.5. The molecule has 2 aromatic carbocycles. The minimum absolute atomic E-state index is 0.905. The molecule has 3 rings (SSSR count). The molecule has 25 heavy (non-hydrogen) atoms. The third-order valence-corrected chi connectivity index (χ3v) is 5.01. The van der Waals surface area contributed by atoms with Crippen molar-refractivity contribution in [3.05, 3.63) is 46.5 Å². The normalized spacial score (nSPS) is 14.2. The second-order valence-corrected chi connectivity index (χ2v) is 6.89. The van der Waals surface area contributed by atoms with Gasteiger partial charge < -0.3 is 19.3 Å². The molecule has 0 aliphatic carbocycles. The molecule has 0 unspecified atom stereocenters. The van der Waals surface area contributed by atoms with Crippen molar-refractivity contribution < 1.29 is 9.47 Å². The number of methoxy groups -OCH3 is 2. The van der Waals surface area contributed by atoms with Crippen molar-refractivity contribution in [1.29, 1.82) is 0 Å². The Hall–Kier alpha value is -2.36. The summed E-state index contributed by atoms with van der Waals surface area (Å²) in [4.78, 5) is 4.93. The molecule has 0 radical (unpaired) electrons. The number of hydrogen-bond donors (Lipinski definition) is 0. The van der Waals surface area contributed by atoms with Crippen LogP contribution in [0.5, 0.6) is 11.5 Å². The molecule has 0 N–H and O–H groups in total. The van der Waals surface area contributed by atoms with Crippen LogP contribution in [0.4, 0.5) is 11.4 Å². The number of ether oxygens (including phenoxy) is 2. The van der Waals surface area contributed by atoms with E-state index in [4.69, 9.17) is 9.47 Å². The molecule has 1 saturated heterocycles. The highest BCUT2D eigenvalue weighted by molar-refractivity contribution is 5.67. The monoisotopic (exact) mass is 340 g/mol. The van der Waals surface area contributed by atoms with Crippen LogP contribution >= 0.6 is 0 Å². The van der Waals surface area contributed by atoms with Crippen LogP contribution in [0.15, 0.2) is 24.3 Å². The van der Waals surface area contributed by atoms with Crippen molar-refractivity contribution in [2.75, 3.05) is 43.8 Å². The molecule has 0 atom stereocenters. The molecule has 2 aromatic rings. The Bertz CT molecular complexity index is 674. The van der Waals surface area contributed by atoms with Gasteiger partial charge in [-0.25, -0.2) is 0 Å². The quantitative estimate of drug-likeness (QED) is 0.832. The van der Waals surface area contributed by atoms with Crippen molar-refractivity contribution in [1.82, 2.24) is 0 Å². The van der Waals surface area contributed by atoms with E-state index >= 15 is 0 Å². The predicted octanol–water partition coefficient (Wildman–Crippen LogP) is 4.22. The van der Waals surface area contributed by atoms with Gasteiger partial charge in [0.15, 0.2) is 0 Å². The fourth-order valence-corrected chi connectivity index (χ4v) is 4.02. The molecule has 1 aliphatic heterocycles. The maximum atomic E-state index is 5.40. The Morgan fingerprint density at radius 1 is 0.640 bits per heavy atom. The van der Waals surface area contributed by atoms with E-state index in [9.17, 15) is 0 Å². The van der Waals surface area contributed by atoms with Crippen molar-refractivity contribution in [2.45, 2.75) is 27.7 Å². The van der Waals surface area contributed by atoms with Crippen LogP contribution in [0.3, 0.4) is 0 Å². The van der Waals surface area contributed by atoms with Crippen LogP contribution in [-0.4, -0.2) is 34.0 Å². The maximum Gasteiger partial charge on any atom is 0.119 e. The van der Waals surface area contributed by atoms with Crippen molar-refractivity contribution >= 4 is 11.4 Å². The van der Waals surface area contributed by atoms with Gasteiger partial charge in [0.05, 0.1) is 20.9 Å². The third-order valence-electron chi connectivity index (χ3n) is 5.01. The minimum Gasteiger partial charge on any atom is -0.497 e. The van der Waals surface area contributed by atoms with Crippen LogP contribution in [0, 0.1) is 27.7 Å². The first-order valence-corrected chi connectivity index (χ1v) is 8.75. The molecule has 0 saturated carbocycles. The summed E-state index contributed by atoms with van der Waals surface area (Å²) in [7, 11) is 3.45. The predicted molar refractivity (Wildman–Crippen MR) is 104 cm³/mol. The van der Waals surface area contributed by atoms with E-state index in [1.807, 2.05) is 0 Å². The van der Waals surface area contributed by atoms with Crippen LogP contribution < -0.4 is 19.3 Å². The second-order valence-electron chi connectivity index (χ2n) is 6.89. The first-order chi connectivity index (χ1) is 11.9. The van der Waals surface area contributed by atoms with Gasteiger partial charge in [-0.15, -0.1) is 0 Å². The topological polar surface area (TPSA) is 24.9 Å². The van der Waals surface area contributed by atoms with Gasteiger partial charge in [-0.2, -0.15) is 0 Å². The van der Waals surface area contributed by atoms with Crippen molar-refractivity contribution in [3.63, 3.8) is 0 Å². The lowest BCUT2D eigenvalue weighted by atomic mass is 10.1. The van der Waals surface area contributed by atoms with Crippen LogP contribution in [0.25, 0.3) is 0 Å². The van der Waals surface area contributed by atoms with Gasteiger partial charge in [-0.1, -0.05) is 0 Å². The fourth-order valence-electron chi connectivity index (χ4n) is 4.02. The highest BCUT2D eigenvalue weighted by Gasteiger charge is 2.25. The lowest BCUT2D eigenvalue weighted by molar-refractivity contribution is 0.414. The van der Waals surface area contributed by atoms with E-state index in [0.29, 0.717) is 0 Å². The lowest BCUT2D eigenvalue weighted by Crippen LogP contribution is -2.27. The smallest absolute Gasteiger partial charge is 0.119 e. The van der Waals surface area contributed by atoms with Crippen LogP contribution in [0.2, 0.25) is 0 Å². The van der Waals surface area contributed by atoms with E-state index in [-0.39, 0.29) is 0 Å². The summed E-state index contributed by atoms with van der Waals surface area (Å²) in [5.74, 6) is 1.85. The summed E-state index contributed by atoms with van der Waals surface area (Å²) in [5.41, 5.74) is 7.71. The summed E-state index contributed by atoms with van der Waals surface area (Å²) < 4.78 is 10.8. The average molecular weight is 340 g/mol. The molecular weight excluding hydrogens is 312 g/mol. The molecule has 4 nitrogen and oxygen atoms in total.